The maximum atomic E-state index is 13.7. The first-order chi connectivity index (χ1) is 18.0. The van der Waals surface area contributed by atoms with Crippen molar-refractivity contribution in [3.8, 4) is 0 Å². The van der Waals surface area contributed by atoms with Crippen LogP contribution in [-0.4, -0.2) is 77.9 Å². The predicted octanol–water partition coefficient (Wildman–Crippen LogP) is 8.21. The maximum absolute atomic E-state index is 13.7. The molecule has 1 amide bonds. The molecule has 0 aromatic rings. The van der Waals surface area contributed by atoms with Gasteiger partial charge in [0.15, 0.2) is 0 Å². The quantitative estimate of drug-likeness (QED) is 0.145. The zero-order valence-corrected chi connectivity index (χ0v) is 19.4. The second-order valence-corrected chi connectivity index (χ2v) is 8.20. The van der Waals surface area contributed by atoms with E-state index in [0.29, 0.717) is 5.32 Å². The Morgan fingerprint density at radius 1 is 0.429 bits per heavy atom. The van der Waals surface area contributed by atoms with Crippen LogP contribution in [0.3, 0.4) is 0 Å². The third-order valence-corrected chi connectivity index (χ3v) is 5.26. The first-order valence-corrected chi connectivity index (χ1v) is 10.1. The fraction of sp³-hybridized carbons (Fsp3) is 0.941. The van der Waals surface area contributed by atoms with Crippen LogP contribution in [0.2, 0.25) is 0 Å². The zero-order chi connectivity index (χ0) is 34.6. The van der Waals surface area contributed by atoms with Gasteiger partial charge in [-0.15, -0.1) is 0 Å². The average molecular weight is 683 g/mol. The molecule has 0 fully saturated rings. The maximum Gasteiger partial charge on any atom is 0.460 e. The van der Waals surface area contributed by atoms with Gasteiger partial charge < -0.3 is 5.32 Å². The summed E-state index contributed by atoms with van der Waals surface area (Å²) in [5.41, 5.74) is 0. The lowest BCUT2D eigenvalue weighted by Crippen LogP contribution is -2.78. The Morgan fingerprint density at radius 2 is 0.690 bits per heavy atom. The third kappa shape index (κ3) is 5.16. The van der Waals surface area contributed by atoms with E-state index in [1.165, 1.54) is 6.92 Å². The molecule has 0 rings (SSSR count). The van der Waals surface area contributed by atoms with Crippen molar-refractivity contribution in [3.63, 3.8) is 0 Å². The number of hydrogen-bond donors (Lipinski definition) is 1. The monoisotopic (exact) mass is 683 g/mol. The molecule has 25 heteroatoms. The molecule has 252 valence electrons. The van der Waals surface area contributed by atoms with Gasteiger partial charge >= 0.3 is 65.4 Å². The van der Waals surface area contributed by atoms with Gasteiger partial charge in [-0.3, -0.25) is 4.79 Å². The van der Waals surface area contributed by atoms with E-state index in [1.54, 1.807) is 0 Å². The normalized spacial score (nSPS) is 16.1. The van der Waals surface area contributed by atoms with Gasteiger partial charge in [0, 0.05) is 6.54 Å². The largest absolute Gasteiger partial charge is 0.460 e. The molecular formula is C17H12F23NO. The number of unbranched alkanes of at least 4 members (excludes halogenated alkanes) is 2. The summed E-state index contributed by atoms with van der Waals surface area (Å²) in [6.07, 6.45) is -8.37. The minimum Gasteiger partial charge on any atom is -0.351 e. The first kappa shape index (κ1) is 39.9. The molecule has 0 heterocycles. The first-order valence-electron chi connectivity index (χ1n) is 10.1. The molecule has 0 aliphatic rings. The van der Waals surface area contributed by atoms with Gasteiger partial charge in [0.2, 0.25) is 0 Å². The van der Waals surface area contributed by atoms with Gasteiger partial charge in [-0.05, 0) is 6.42 Å². The zero-order valence-electron chi connectivity index (χ0n) is 19.4. The van der Waals surface area contributed by atoms with Crippen LogP contribution in [-0.2, 0) is 4.79 Å². The lowest BCUT2D eigenvalue weighted by Gasteiger charge is -2.45. The molecule has 0 saturated carbocycles. The van der Waals surface area contributed by atoms with E-state index in [4.69, 9.17) is 0 Å². The third-order valence-electron chi connectivity index (χ3n) is 5.26. The summed E-state index contributed by atoms with van der Waals surface area (Å²) in [6, 6.07) is 0. The van der Waals surface area contributed by atoms with E-state index in [2.05, 4.69) is 0 Å². The van der Waals surface area contributed by atoms with Crippen molar-refractivity contribution in [3.05, 3.63) is 0 Å². The molecule has 42 heavy (non-hydrogen) atoms. The van der Waals surface area contributed by atoms with Crippen LogP contribution in [0.4, 0.5) is 101 Å². The van der Waals surface area contributed by atoms with Crippen LogP contribution in [0.15, 0.2) is 0 Å². The Hall–Kier alpha value is -2.14. The van der Waals surface area contributed by atoms with Crippen molar-refractivity contribution < 1.29 is 106 Å². The lowest BCUT2D eigenvalue weighted by atomic mass is 9.85. The van der Waals surface area contributed by atoms with Crippen molar-refractivity contribution >= 4 is 5.91 Å². The van der Waals surface area contributed by atoms with Crippen molar-refractivity contribution in [2.75, 3.05) is 6.54 Å². The molecule has 0 saturated heterocycles. The van der Waals surface area contributed by atoms with E-state index in [9.17, 15) is 106 Å². The van der Waals surface area contributed by atoms with Gasteiger partial charge in [-0.1, -0.05) is 19.8 Å². The number of alkyl halides is 23. The van der Waals surface area contributed by atoms with E-state index in [1.807, 2.05) is 0 Å². The summed E-state index contributed by atoms with van der Waals surface area (Å²) in [4.78, 5) is 11.2. The van der Waals surface area contributed by atoms with E-state index >= 15 is 0 Å². The molecule has 0 bridgehead atoms. The Kier molecular flexibility index (Phi) is 10.2. The minimum absolute atomic E-state index is 0.0232. The molecule has 2 nitrogen and oxygen atoms in total. The molecule has 0 unspecified atom stereocenters. The number of halogens is 23. The van der Waals surface area contributed by atoms with Crippen LogP contribution < -0.4 is 5.32 Å². The van der Waals surface area contributed by atoms with Gasteiger partial charge in [-0.25, -0.2) is 0 Å². The molecule has 0 atom stereocenters. The molecular weight excluding hydrogens is 671 g/mol. The predicted molar refractivity (Wildman–Crippen MR) is 88.1 cm³/mol. The van der Waals surface area contributed by atoms with Crippen LogP contribution >= 0.6 is 0 Å². The van der Waals surface area contributed by atoms with Crippen molar-refractivity contribution in [1.82, 2.24) is 5.32 Å². The highest BCUT2D eigenvalue weighted by molar-refractivity contribution is 5.84. The summed E-state index contributed by atoms with van der Waals surface area (Å²) in [5, 5.41) is 0.695. The van der Waals surface area contributed by atoms with Crippen molar-refractivity contribution in [2.45, 2.75) is 91.6 Å². The Morgan fingerprint density at radius 3 is 0.952 bits per heavy atom. The van der Waals surface area contributed by atoms with Crippen molar-refractivity contribution in [2.24, 2.45) is 0 Å². The summed E-state index contributed by atoms with van der Waals surface area (Å²) >= 11 is 0. The fourth-order valence-electron chi connectivity index (χ4n) is 2.59. The highest BCUT2D eigenvalue weighted by atomic mass is 19.4. The van der Waals surface area contributed by atoms with E-state index < -0.39 is 84.3 Å². The Labute approximate surface area is 216 Å². The Bertz CT molecular complexity index is 965. The van der Waals surface area contributed by atoms with Gasteiger partial charge in [0.25, 0.3) is 5.91 Å². The SMILES string of the molecule is CCCCCNC(=O)C(F)(F)C(F)(F)C(F)(F)C(F)(F)C(F)(F)C(F)(F)C(F)(F)C(F)(F)C(F)(F)C(F)(F)C(F)(F)F. The van der Waals surface area contributed by atoms with Crippen LogP contribution in [0.5, 0.6) is 0 Å². The standard InChI is InChI=1S/C17H12F23NO/c1-2-3-4-5-41-6(42)7(18,19)8(20,21)9(22,23)10(24,25)11(26,27)12(28,29)13(30,31)14(32,33)15(34,35)16(36,37)17(38,39)40/h2-5H2,1H3,(H,41,42). The second kappa shape index (κ2) is 10.8. The van der Waals surface area contributed by atoms with Crippen LogP contribution in [0.1, 0.15) is 26.2 Å². The number of hydrogen-bond acceptors (Lipinski definition) is 1. The van der Waals surface area contributed by atoms with Crippen molar-refractivity contribution in [1.29, 1.82) is 0 Å². The Balaban J connectivity index is 7.02. The summed E-state index contributed by atoms with van der Waals surface area (Å²) in [7, 11) is 0. The average Bonchev–Trinajstić information content (AvgIpc) is 2.79. The van der Waals surface area contributed by atoms with Crippen LogP contribution in [0, 0.1) is 0 Å². The minimum atomic E-state index is -9.46. The highest BCUT2D eigenvalue weighted by Gasteiger charge is 2.99. The lowest BCUT2D eigenvalue weighted by molar-refractivity contribution is -0.477. The number of amides is 1. The van der Waals surface area contributed by atoms with E-state index in [-0.39, 0.29) is 12.8 Å². The molecule has 0 aromatic heterocycles. The van der Waals surface area contributed by atoms with Gasteiger partial charge in [-0.2, -0.15) is 101 Å². The molecule has 0 radical (unpaired) electrons. The number of carbonyl (C=O) groups is 1. The molecule has 1 N–H and O–H groups in total. The summed E-state index contributed by atoms with van der Waals surface area (Å²) in [5.74, 6) is -92.7. The molecule has 0 aliphatic heterocycles. The smallest absolute Gasteiger partial charge is 0.351 e. The van der Waals surface area contributed by atoms with Gasteiger partial charge in [0.1, 0.15) is 0 Å². The summed E-state index contributed by atoms with van der Waals surface area (Å²) < 4.78 is 306. The fourth-order valence-corrected chi connectivity index (χ4v) is 2.59. The second-order valence-electron chi connectivity index (χ2n) is 8.20. The number of nitrogens with one attached hydrogen (secondary N) is 1. The van der Waals surface area contributed by atoms with Gasteiger partial charge in [0.05, 0.1) is 0 Å². The molecule has 0 spiro atoms. The van der Waals surface area contributed by atoms with Crippen LogP contribution in [0.25, 0.3) is 0 Å². The van der Waals surface area contributed by atoms with E-state index in [0.717, 1.165) is 0 Å². The highest BCUT2D eigenvalue weighted by Crippen LogP contribution is 2.67. The number of carbonyl (C=O) groups excluding carboxylic acids is 1. The molecule has 0 aliphatic carbocycles. The number of rotatable bonds is 14. The summed E-state index contributed by atoms with van der Waals surface area (Å²) in [6.45, 7) is 0.248. The molecule has 0 aromatic carbocycles. The topological polar surface area (TPSA) is 29.1 Å².